The molecule has 2 nitrogen and oxygen atoms in total. The van der Waals surface area contributed by atoms with Crippen LogP contribution in [0.25, 0.3) is 0 Å². The first kappa shape index (κ1) is 15.5. The third-order valence-electron chi connectivity index (χ3n) is 4.80. The summed E-state index contributed by atoms with van der Waals surface area (Å²) >= 11 is 0. The van der Waals surface area contributed by atoms with Crippen LogP contribution in [0.3, 0.4) is 0 Å². The minimum absolute atomic E-state index is 0.382. The Hall–Kier alpha value is -0.860. The molecule has 1 aliphatic heterocycles. The van der Waals surface area contributed by atoms with Crippen molar-refractivity contribution in [1.29, 1.82) is 0 Å². The number of hydrogen-bond donors (Lipinski definition) is 1. The molecule has 1 atom stereocenters. The van der Waals surface area contributed by atoms with Gasteiger partial charge < -0.3 is 5.73 Å². The Labute approximate surface area is 124 Å². The first-order valence-corrected chi connectivity index (χ1v) is 7.97. The summed E-state index contributed by atoms with van der Waals surface area (Å²) in [4.78, 5) is 2.57. The predicted octanol–water partition coefficient (Wildman–Crippen LogP) is 3.93. The molecular weight excluding hydrogens is 244 g/mol. The summed E-state index contributed by atoms with van der Waals surface area (Å²) in [5.41, 5.74) is 9.34. The smallest absolute Gasteiger partial charge is 0.0470 e. The van der Waals surface area contributed by atoms with Gasteiger partial charge in [0, 0.05) is 12.6 Å². The molecule has 0 radical (unpaired) electrons. The predicted molar refractivity (Wildman–Crippen MR) is 86.9 cm³/mol. The Morgan fingerprint density at radius 2 is 1.55 bits per heavy atom. The van der Waals surface area contributed by atoms with Crippen molar-refractivity contribution in [3.8, 4) is 0 Å². The molecule has 2 heteroatoms. The van der Waals surface area contributed by atoms with Crippen LogP contribution in [0.4, 0.5) is 0 Å². The van der Waals surface area contributed by atoms with Crippen LogP contribution in [0.1, 0.15) is 63.6 Å². The first-order valence-electron chi connectivity index (χ1n) is 7.97. The SMILES string of the molecule is CC(C)c1ccc(C(CN)N2CCC(C)(C)CC2)cc1. The lowest BCUT2D eigenvalue weighted by Crippen LogP contribution is -2.42. The monoisotopic (exact) mass is 274 g/mol. The number of hydrogen-bond acceptors (Lipinski definition) is 2. The van der Waals surface area contributed by atoms with Crippen LogP contribution in [0.2, 0.25) is 0 Å². The molecule has 112 valence electrons. The fourth-order valence-corrected chi connectivity index (χ4v) is 3.04. The van der Waals surface area contributed by atoms with E-state index in [2.05, 4.69) is 56.9 Å². The Bertz CT molecular complexity index is 410. The number of nitrogens with zero attached hydrogens (tertiary/aromatic N) is 1. The molecule has 1 aromatic rings. The van der Waals surface area contributed by atoms with E-state index in [1.54, 1.807) is 0 Å². The maximum atomic E-state index is 6.06. The highest BCUT2D eigenvalue weighted by Crippen LogP contribution is 2.33. The molecule has 20 heavy (non-hydrogen) atoms. The number of nitrogens with two attached hydrogens (primary N) is 1. The second kappa shape index (κ2) is 6.28. The molecule has 0 aromatic heterocycles. The standard InChI is InChI=1S/C18H30N2/c1-14(2)15-5-7-16(8-6-15)17(13-19)20-11-9-18(3,4)10-12-20/h5-8,14,17H,9-13,19H2,1-4H3. The highest BCUT2D eigenvalue weighted by molar-refractivity contribution is 5.27. The molecule has 0 bridgehead atoms. The summed E-state index contributed by atoms with van der Waals surface area (Å²) in [6, 6.07) is 9.44. The van der Waals surface area contributed by atoms with Gasteiger partial charge >= 0.3 is 0 Å². The van der Waals surface area contributed by atoms with Gasteiger partial charge in [0.05, 0.1) is 0 Å². The molecule has 2 N–H and O–H groups in total. The van der Waals surface area contributed by atoms with E-state index in [1.807, 2.05) is 0 Å². The zero-order valence-corrected chi connectivity index (χ0v) is 13.5. The quantitative estimate of drug-likeness (QED) is 0.901. The Morgan fingerprint density at radius 1 is 1.05 bits per heavy atom. The number of likely N-dealkylation sites (tertiary alicyclic amines) is 1. The molecule has 0 amide bonds. The number of piperidine rings is 1. The van der Waals surface area contributed by atoms with Gasteiger partial charge in [-0.15, -0.1) is 0 Å². The van der Waals surface area contributed by atoms with E-state index >= 15 is 0 Å². The topological polar surface area (TPSA) is 29.3 Å². The Balaban J connectivity index is 2.08. The maximum absolute atomic E-state index is 6.06. The summed E-state index contributed by atoms with van der Waals surface area (Å²) < 4.78 is 0. The van der Waals surface area contributed by atoms with E-state index < -0.39 is 0 Å². The van der Waals surface area contributed by atoms with Gasteiger partial charge in [-0.25, -0.2) is 0 Å². The van der Waals surface area contributed by atoms with E-state index in [9.17, 15) is 0 Å². The molecule has 1 heterocycles. The molecule has 1 unspecified atom stereocenters. The van der Waals surface area contributed by atoms with Crippen molar-refractivity contribution >= 4 is 0 Å². The third-order valence-corrected chi connectivity index (χ3v) is 4.80. The molecule has 1 aromatic carbocycles. The van der Waals surface area contributed by atoms with Crippen molar-refractivity contribution in [2.45, 2.75) is 52.5 Å². The van der Waals surface area contributed by atoms with Gasteiger partial charge in [0.1, 0.15) is 0 Å². The van der Waals surface area contributed by atoms with E-state index in [0.717, 1.165) is 0 Å². The largest absolute Gasteiger partial charge is 0.329 e. The van der Waals surface area contributed by atoms with Gasteiger partial charge in [0.25, 0.3) is 0 Å². The van der Waals surface area contributed by atoms with Crippen molar-refractivity contribution in [3.63, 3.8) is 0 Å². The summed E-state index contributed by atoms with van der Waals surface area (Å²) in [5.74, 6) is 0.594. The lowest BCUT2D eigenvalue weighted by molar-refractivity contribution is 0.0964. The fourth-order valence-electron chi connectivity index (χ4n) is 3.04. The Morgan fingerprint density at radius 3 is 2.00 bits per heavy atom. The average molecular weight is 274 g/mol. The summed E-state index contributed by atoms with van der Waals surface area (Å²) in [5, 5.41) is 0. The van der Waals surface area contributed by atoms with Crippen LogP contribution >= 0.6 is 0 Å². The first-order chi connectivity index (χ1) is 9.43. The van der Waals surface area contributed by atoms with Gasteiger partial charge in [-0.05, 0) is 48.4 Å². The highest BCUT2D eigenvalue weighted by atomic mass is 15.2. The highest BCUT2D eigenvalue weighted by Gasteiger charge is 2.29. The molecular formula is C18H30N2. The van der Waals surface area contributed by atoms with Crippen molar-refractivity contribution in [1.82, 2.24) is 4.90 Å². The molecule has 2 rings (SSSR count). The lowest BCUT2D eigenvalue weighted by Gasteiger charge is -2.41. The van der Waals surface area contributed by atoms with Crippen LogP contribution < -0.4 is 5.73 Å². The third kappa shape index (κ3) is 3.62. The van der Waals surface area contributed by atoms with Crippen molar-refractivity contribution < 1.29 is 0 Å². The molecule has 1 fully saturated rings. The minimum atomic E-state index is 0.382. The second-order valence-electron chi connectivity index (χ2n) is 7.27. The number of rotatable bonds is 4. The van der Waals surface area contributed by atoms with Crippen molar-refractivity contribution in [2.24, 2.45) is 11.1 Å². The molecule has 1 saturated heterocycles. The molecule has 0 saturated carbocycles. The zero-order valence-electron chi connectivity index (χ0n) is 13.5. The van der Waals surface area contributed by atoms with E-state index in [-0.39, 0.29) is 0 Å². The van der Waals surface area contributed by atoms with Gasteiger partial charge in [-0.1, -0.05) is 52.0 Å². The van der Waals surface area contributed by atoms with Gasteiger partial charge in [0.15, 0.2) is 0 Å². The van der Waals surface area contributed by atoms with Crippen LogP contribution in [-0.4, -0.2) is 24.5 Å². The molecule has 0 spiro atoms. The Kier molecular flexibility index (Phi) is 4.87. The van der Waals surface area contributed by atoms with Crippen molar-refractivity contribution in [2.75, 3.05) is 19.6 Å². The zero-order chi connectivity index (χ0) is 14.8. The van der Waals surface area contributed by atoms with Gasteiger partial charge in [-0.3, -0.25) is 4.90 Å². The number of benzene rings is 1. The van der Waals surface area contributed by atoms with E-state index in [1.165, 1.54) is 37.1 Å². The normalized spacial score (nSPS) is 21.1. The van der Waals surface area contributed by atoms with Gasteiger partial charge in [-0.2, -0.15) is 0 Å². The summed E-state index contributed by atoms with van der Waals surface area (Å²) in [6.07, 6.45) is 2.54. The molecule has 0 aliphatic carbocycles. The van der Waals surface area contributed by atoms with E-state index in [0.29, 0.717) is 23.9 Å². The minimum Gasteiger partial charge on any atom is -0.329 e. The van der Waals surface area contributed by atoms with Crippen molar-refractivity contribution in [3.05, 3.63) is 35.4 Å². The van der Waals surface area contributed by atoms with Gasteiger partial charge in [0.2, 0.25) is 0 Å². The average Bonchev–Trinajstić information content (AvgIpc) is 2.42. The van der Waals surface area contributed by atoms with Crippen LogP contribution in [-0.2, 0) is 0 Å². The van der Waals surface area contributed by atoms with Crippen LogP contribution in [0.5, 0.6) is 0 Å². The lowest BCUT2D eigenvalue weighted by atomic mass is 9.82. The summed E-state index contributed by atoms with van der Waals surface area (Å²) in [7, 11) is 0. The fraction of sp³-hybridized carbons (Fsp3) is 0.667. The summed E-state index contributed by atoms with van der Waals surface area (Å²) in [6.45, 7) is 12.3. The second-order valence-corrected chi connectivity index (χ2v) is 7.27. The molecule has 1 aliphatic rings. The van der Waals surface area contributed by atoms with Crippen LogP contribution in [0, 0.1) is 5.41 Å². The maximum Gasteiger partial charge on any atom is 0.0470 e. The van der Waals surface area contributed by atoms with E-state index in [4.69, 9.17) is 5.73 Å². The van der Waals surface area contributed by atoms with Crippen LogP contribution in [0.15, 0.2) is 24.3 Å².